The summed E-state index contributed by atoms with van der Waals surface area (Å²) in [6.07, 6.45) is -0.403. The molecule has 1 atom stereocenters. The van der Waals surface area contributed by atoms with Crippen LogP contribution < -0.4 is 4.90 Å². The van der Waals surface area contributed by atoms with Crippen molar-refractivity contribution in [1.29, 1.82) is 0 Å². The number of anilines is 1. The first-order valence-electron chi connectivity index (χ1n) is 8.20. The van der Waals surface area contributed by atoms with Crippen molar-refractivity contribution in [3.05, 3.63) is 40.7 Å². The molecule has 0 aliphatic carbocycles. The van der Waals surface area contributed by atoms with Gasteiger partial charge in [-0.1, -0.05) is 0 Å². The molecule has 1 heterocycles. The molecule has 136 valence electrons. The van der Waals surface area contributed by atoms with Gasteiger partial charge in [0.1, 0.15) is 17.2 Å². The van der Waals surface area contributed by atoms with Gasteiger partial charge in [0.25, 0.3) is 0 Å². The first-order valence-corrected chi connectivity index (χ1v) is 8.20. The van der Waals surface area contributed by atoms with Gasteiger partial charge in [0, 0.05) is 39.2 Å². The van der Waals surface area contributed by atoms with Crippen LogP contribution in [0.15, 0.2) is 12.1 Å². The van der Waals surface area contributed by atoms with E-state index in [1.54, 1.807) is 30.6 Å². The minimum atomic E-state index is -0.729. The average molecular weight is 351 g/mol. The zero-order valence-electron chi connectivity index (χ0n) is 15.0. The highest BCUT2D eigenvalue weighted by Gasteiger charge is 2.28. The van der Waals surface area contributed by atoms with Crippen molar-refractivity contribution in [2.24, 2.45) is 0 Å². The molecule has 1 aromatic rings. The molecule has 1 amide bonds. The van der Waals surface area contributed by atoms with E-state index in [-0.39, 0.29) is 11.3 Å². The third kappa shape index (κ3) is 4.59. The van der Waals surface area contributed by atoms with E-state index in [2.05, 4.69) is 4.85 Å². The van der Waals surface area contributed by atoms with Crippen LogP contribution in [0, 0.1) is 18.2 Å². The van der Waals surface area contributed by atoms with Crippen molar-refractivity contribution in [3.8, 4) is 0 Å². The Labute approximate surface area is 147 Å². The summed E-state index contributed by atoms with van der Waals surface area (Å²) in [5, 5.41) is 0. The third-order valence-corrected chi connectivity index (χ3v) is 3.98. The molecule has 0 aromatic heterocycles. The molecular formula is C18H23F2N3O2. The minimum absolute atomic E-state index is 0.0589. The topological polar surface area (TPSA) is 37.1 Å². The highest BCUT2D eigenvalue weighted by Crippen LogP contribution is 2.29. The van der Waals surface area contributed by atoms with Crippen molar-refractivity contribution < 1.29 is 18.3 Å². The summed E-state index contributed by atoms with van der Waals surface area (Å²) in [4.78, 5) is 18.5. The number of halogens is 2. The lowest BCUT2D eigenvalue weighted by Gasteiger charge is -2.36. The van der Waals surface area contributed by atoms with Gasteiger partial charge in [-0.2, -0.15) is 0 Å². The number of amides is 1. The van der Waals surface area contributed by atoms with E-state index in [1.807, 2.05) is 0 Å². The number of piperazine rings is 1. The summed E-state index contributed by atoms with van der Waals surface area (Å²) < 4.78 is 33.9. The Balaban J connectivity index is 2.07. The molecule has 1 fully saturated rings. The zero-order valence-corrected chi connectivity index (χ0v) is 15.0. The molecule has 0 spiro atoms. The van der Waals surface area contributed by atoms with Crippen molar-refractivity contribution in [2.45, 2.75) is 39.3 Å². The van der Waals surface area contributed by atoms with Crippen LogP contribution in [-0.4, -0.2) is 42.8 Å². The van der Waals surface area contributed by atoms with E-state index in [9.17, 15) is 13.6 Å². The van der Waals surface area contributed by atoms with Crippen LogP contribution in [-0.2, 0) is 4.74 Å². The molecule has 1 unspecified atom stereocenters. The fourth-order valence-electron chi connectivity index (χ4n) is 2.64. The number of carbonyl (C=O) groups is 1. The zero-order chi connectivity index (χ0) is 18.8. The van der Waals surface area contributed by atoms with Crippen LogP contribution in [0.5, 0.6) is 0 Å². The molecule has 25 heavy (non-hydrogen) atoms. The van der Waals surface area contributed by atoms with Crippen molar-refractivity contribution >= 4 is 11.8 Å². The van der Waals surface area contributed by atoms with E-state index >= 15 is 0 Å². The summed E-state index contributed by atoms with van der Waals surface area (Å²) in [5.41, 5.74) is -0.357. The normalized spacial score (nSPS) is 16.4. The molecule has 1 aliphatic rings. The van der Waals surface area contributed by atoms with Gasteiger partial charge in [0.05, 0.1) is 11.3 Å². The lowest BCUT2D eigenvalue weighted by atomic mass is 10.1. The average Bonchev–Trinajstić information content (AvgIpc) is 2.54. The summed E-state index contributed by atoms with van der Waals surface area (Å²) in [5.74, 6) is -1.15. The Morgan fingerprint density at radius 2 is 1.80 bits per heavy atom. The van der Waals surface area contributed by atoms with Gasteiger partial charge in [-0.05, 0) is 26.8 Å². The number of nitrogens with zero attached hydrogens (tertiary/aromatic N) is 3. The number of hydrogen-bond donors (Lipinski definition) is 0. The summed E-state index contributed by atoms with van der Waals surface area (Å²) in [6.45, 7) is 15.4. The lowest BCUT2D eigenvalue weighted by Crippen LogP contribution is -2.50. The Bertz CT molecular complexity index is 687. The second kappa shape index (κ2) is 7.26. The first kappa shape index (κ1) is 19.0. The predicted molar refractivity (Wildman–Crippen MR) is 91.4 cm³/mol. The Morgan fingerprint density at radius 3 is 2.32 bits per heavy atom. The number of ether oxygens (including phenoxy) is 1. The standard InChI is InChI=1S/C18H23F2N3O2/c1-12(21-5)13-10-15(20)16(11-14(13)19)22-6-8-23(9-7-22)17(24)25-18(2,3)4/h10-12H,6-9H2,1-4H3. The van der Waals surface area contributed by atoms with Gasteiger partial charge in [0.2, 0.25) is 6.04 Å². The summed E-state index contributed by atoms with van der Waals surface area (Å²) >= 11 is 0. The molecule has 1 aromatic carbocycles. The highest BCUT2D eigenvalue weighted by molar-refractivity contribution is 5.68. The fraction of sp³-hybridized carbons (Fsp3) is 0.556. The molecule has 0 radical (unpaired) electrons. The first-order chi connectivity index (χ1) is 11.6. The second-order valence-corrected chi connectivity index (χ2v) is 7.08. The van der Waals surface area contributed by atoms with Crippen molar-refractivity contribution in [2.75, 3.05) is 31.1 Å². The van der Waals surface area contributed by atoms with E-state index in [1.165, 1.54) is 6.92 Å². The SMILES string of the molecule is [C-]#[N+]C(C)c1cc(F)c(N2CCN(C(=O)OC(C)(C)C)CC2)cc1F. The quantitative estimate of drug-likeness (QED) is 0.756. The summed E-state index contributed by atoms with van der Waals surface area (Å²) in [6, 6.07) is 1.50. The molecular weight excluding hydrogens is 328 g/mol. The third-order valence-electron chi connectivity index (χ3n) is 3.98. The molecule has 1 saturated heterocycles. The van der Waals surface area contributed by atoms with Crippen LogP contribution in [0.1, 0.15) is 39.3 Å². The monoisotopic (exact) mass is 351 g/mol. The van der Waals surface area contributed by atoms with Crippen LogP contribution in [0.25, 0.3) is 4.85 Å². The minimum Gasteiger partial charge on any atom is -0.444 e. The molecule has 5 nitrogen and oxygen atoms in total. The van der Waals surface area contributed by atoms with Crippen LogP contribution in [0.3, 0.4) is 0 Å². The maximum atomic E-state index is 14.4. The number of rotatable bonds is 2. The van der Waals surface area contributed by atoms with Gasteiger partial charge in [-0.3, -0.25) is 0 Å². The van der Waals surface area contributed by atoms with Gasteiger partial charge in [0.15, 0.2) is 0 Å². The van der Waals surface area contributed by atoms with Crippen LogP contribution >= 0.6 is 0 Å². The smallest absolute Gasteiger partial charge is 0.410 e. The number of carbonyl (C=O) groups excluding carboxylic acids is 1. The van der Waals surface area contributed by atoms with Crippen LogP contribution in [0.4, 0.5) is 19.3 Å². The second-order valence-electron chi connectivity index (χ2n) is 7.08. The van der Waals surface area contributed by atoms with Crippen molar-refractivity contribution in [3.63, 3.8) is 0 Å². The van der Waals surface area contributed by atoms with E-state index in [4.69, 9.17) is 11.3 Å². The molecule has 0 bridgehead atoms. The van der Waals surface area contributed by atoms with Gasteiger partial charge < -0.3 is 19.4 Å². The molecule has 2 rings (SSSR count). The maximum Gasteiger partial charge on any atom is 0.410 e. The van der Waals surface area contributed by atoms with E-state index in [0.29, 0.717) is 26.2 Å². The maximum absolute atomic E-state index is 14.4. The Kier molecular flexibility index (Phi) is 5.51. The molecule has 1 aliphatic heterocycles. The molecule has 0 saturated carbocycles. The van der Waals surface area contributed by atoms with Gasteiger partial charge >= 0.3 is 6.09 Å². The van der Waals surface area contributed by atoms with E-state index in [0.717, 1.165) is 12.1 Å². The molecule has 7 heteroatoms. The summed E-state index contributed by atoms with van der Waals surface area (Å²) in [7, 11) is 0. The number of hydrogen-bond acceptors (Lipinski definition) is 3. The van der Waals surface area contributed by atoms with E-state index < -0.39 is 29.4 Å². The Hall–Kier alpha value is -2.36. The molecule has 0 N–H and O–H groups in total. The lowest BCUT2D eigenvalue weighted by molar-refractivity contribution is 0.0240. The predicted octanol–water partition coefficient (Wildman–Crippen LogP) is 4.00. The van der Waals surface area contributed by atoms with Crippen molar-refractivity contribution in [1.82, 2.24) is 4.90 Å². The fourth-order valence-corrected chi connectivity index (χ4v) is 2.64. The highest BCUT2D eigenvalue weighted by atomic mass is 19.1. The Morgan fingerprint density at radius 1 is 1.20 bits per heavy atom. The van der Waals surface area contributed by atoms with Gasteiger partial charge in [-0.25, -0.2) is 20.1 Å². The van der Waals surface area contributed by atoms with Gasteiger partial charge in [-0.15, -0.1) is 0 Å². The number of benzene rings is 1. The largest absolute Gasteiger partial charge is 0.444 e. The van der Waals surface area contributed by atoms with Crippen LogP contribution in [0.2, 0.25) is 0 Å².